The van der Waals surface area contributed by atoms with Gasteiger partial charge in [-0.25, -0.2) is 4.39 Å². The first-order valence-electron chi connectivity index (χ1n) is 6.71. The number of benzene rings is 1. The van der Waals surface area contributed by atoms with Crippen molar-refractivity contribution in [2.24, 2.45) is 5.92 Å². The van der Waals surface area contributed by atoms with Crippen LogP contribution in [0.1, 0.15) is 44.7 Å². The van der Waals surface area contributed by atoms with Crippen molar-refractivity contribution < 1.29 is 9.13 Å². The summed E-state index contributed by atoms with van der Waals surface area (Å²) in [5, 5.41) is 3.60. The van der Waals surface area contributed by atoms with Gasteiger partial charge in [-0.3, -0.25) is 0 Å². The molecule has 0 aliphatic heterocycles. The van der Waals surface area contributed by atoms with Gasteiger partial charge in [-0.15, -0.1) is 0 Å². The van der Waals surface area contributed by atoms with E-state index >= 15 is 0 Å². The summed E-state index contributed by atoms with van der Waals surface area (Å²) in [4.78, 5) is 0. The summed E-state index contributed by atoms with van der Waals surface area (Å²) >= 11 is 0. The monoisotopic (exact) mass is 251 g/mol. The second-order valence-corrected chi connectivity index (χ2v) is 5.30. The molecule has 1 fully saturated rings. The van der Waals surface area contributed by atoms with Crippen LogP contribution in [0.5, 0.6) is 5.75 Å². The lowest BCUT2D eigenvalue weighted by molar-refractivity contribution is 0.378. The molecule has 1 aromatic rings. The fraction of sp³-hybridized carbons (Fsp3) is 0.600. The Morgan fingerprint density at radius 2 is 2.17 bits per heavy atom. The van der Waals surface area contributed by atoms with Crippen LogP contribution in [-0.4, -0.2) is 13.2 Å². The molecule has 0 amide bonds. The highest BCUT2D eigenvalue weighted by Crippen LogP contribution is 2.28. The van der Waals surface area contributed by atoms with Crippen molar-refractivity contribution in [2.45, 2.75) is 45.2 Å². The Labute approximate surface area is 109 Å². The van der Waals surface area contributed by atoms with Gasteiger partial charge in [0.2, 0.25) is 0 Å². The normalized spacial score (nSPS) is 25.1. The molecule has 1 aliphatic carbocycles. The average molecular weight is 251 g/mol. The summed E-state index contributed by atoms with van der Waals surface area (Å²) in [6.07, 6.45) is 3.81. The van der Waals surface area contributed by atoms with Crippen molar-refractivity contribution in [3.05, 3.63) is 29.6 Å². The van der Waals surface area contributed by atoms with Crippen LogP contribution < -0.4 is 10.1 Å². The number of halogens is 1. The van der Waals surface area contributed by atoms with Crippen molar-refractivity contribution in [3.63, 3.8) is 0 Å². The van der Waals surface area contributed by atoms with E-state index in [4.69, 9.17) is 4.74 Å². The van der Waals surface area contributed by atoms with Crippen LogP contribution in [0.25, 0.3) is 0 Å². The molecule has 3 unspecified atom stereocenters. The molecule has 1 saturated carbocycles. The van der Waals surface area contributed by atoms with Crippen LogP contribution in [0, 0.1) is 11.7 Å². The molecule has 100 valence electrons. The zero-order valence-corrected chi connectivity index (χ0v) is 11.4. The van der Waals surface area contributed by atoms with Crippen LogP contribution in [-0.2, 0) is 0 Å². The van der Waals surface area contributed by atoms with Crippen molar-refractivity contribution in [1.29, 1.82) is 0 Å². The van der Waals surface area contributed by atoms with Crippen LogP contribution in [0.2, 0.25) is 0 Å². The Bertz CT molecular complexity index is 407. The van der Waals surface area contributed by atoms with Crippen LogP contribution in [0.3, 0.4) is 0 Å². The van der Waals surface area contributed by atoms with Gasteiger partial charge in [0.15, 0.2) is 11.6 Å². The maximum atomic E-state index is 13.6. The molecule has 0 spiro atoms. The molecule has 3 heteroatoms. The van der Waals surface area contributed by atoms with Gasteiger partial charge >= 0.3 is 0 Å². The van der Waals surface area contributed by atoms with Crippen molar-refractivity contribution >= 4 is 0 Å². The number of methoxy groups -OCH3 is 1. The van der Waals surface area contributed by atoms with Crippen LogP contribution in [0.15, 0.2) is 18.2 Å². The molecule has 2 rings (SSSR count). The molecule has 18 heavy (non-hydrogen) atoms. The van der Waals surface area contributed by atoms with Gasteiger partial charge in [0.25, 0.3) is 0 Å². The minimum atomic E-state index is -0.289. The summed E-state index contributed by atoms with van der Waals surface area (Å²) < 4.78 is 18.6. The van der Waals surface area contributed by atoms with Crippen LogP contribution >= 0.6 is 0 Å². The predicted octanol–water partition coefficient (Wildman–Crippen LogP) is 3.67. The smallest absolute Gasteiger partial charge is 0.165 e. The lowest BCUT2D eigenvalue weighted by Crippen LogP contribution is -2.33. The SMILES string of the molecule is COc1ccc(C(C)NC2CCCC2C)cc1F. The molecule has 1 aromatic carbocycles. The quantitative estimate of drug-likeness (QED) is 0.881. The molecular formula is C15H22FNO. The van der Waals surface area contributed by atoms with Gasteiger partial charge in [-0.2, -0.15) is 0 Å². The van der Waals surface area contributed by atoms with Gasteiger partial charge in [0, 0.05) is 12.1 Å². The minimum Gasteiger partial charge on any atom is -0.494 e. The van der Waals surface area contributed by atoms with Crippen molar-refractivity contribution in [1.82, 2.24) is 5.32 Å². The van der Waals surface area contributed by atoms with E-state index in [0.29, 0.717) is 11.8 Å². The van der Waals surface area contributed by atoms with E-state index in [0.717, 1.165) is 11.5 Å². The molecule has 0 aromatic heterocycles. The van der Waals surface area contributed by atoms with E-state index in [1.807, 2.05) is 6.07 Å². The molecule has 1 aliphatic rings. The summed E-state index contributed by atoms with van der Waals surface area (Å²) in [6, 6.07) is 5.93. The molecule has 2 nitrogen and oxygen atoms in total. The molecule has 0 heterocycles. The number of hydrogen-bond donors (Lipinski definition) is 1. The summed E-state index contributed by atoms with van der Waals surface area (Å²) in [5.74, 6) is 0.735. The zero-order chi connectivity index (χ0) is 13.1. The summed E-state index contributed by atoms with van der Waals surface area (Å²) in [6.45, 7) is 4.37. The Morgan fingerprint density at radius 1 is 1.39 bits per heavy atom. The maximum absolute atomic E-state index is 13.6. The third-order valence-corrected chi connectivity index (χ3v) is 4.00. The first kappa shape index (κ1) is 13.3. The largest absolute Gasteiger partial charge is 0.494 e. The minimum absolute atomic E-state index is 0.177. The van der Waals surface area contributed by atoms with Gasteiger partial charge in [-0.05, 0) is 43.4 Å². The predicted molar refractivity (Wildman–Crippen MR) is 71.3 cm³/mol. The number of nitrogens with one attached hydrogen (secondary N) is 1. The highest BCUT2D eigenvalue weighted by molar-refractivity contribution is 5.30. The number of rotatable bonds is 4. The first-order chi connectivity index (χ1) is 8.61. The third-order valence-electron chi connectivity index (χ3n) is 4.00. The van der Waals surface area contributed by atoms with Crippen molar-refractivity contribution in [3.8, 4) is 5.75 Å². The molecule has 0 bridgehead atoms. The highest BCUT2D eigenvalue weighted by Gasteiger charge is 2.24. The summed E-state index contributed by atoms with van der Waals surface area (Å²) in [5.41, 5.74) is 0.979. The first-order valence-corrected chi connectivity index (χ1v) is 6.71. The standard InChI is InChI=1S/C15H22FNO/c1-10-5-4-6-14(10)17-11(2)12-7-8-15(18-3)13(16)9-12/h7-11,14,17H,4-6H2,1-3H3. The Kier molecular flexibility index (Phi) is 4.23. The fourth-order valence-corrected chi connectivity index (χ4v) is 2.76. The van der Waals surface area contributed by atoms with E-state index in [1.165, 1.54) is 26.4 Å². The Morgan fingerprint density at radius 3 is 2.72 bits per heavy atom. The second kappa shape index (κ2) is 5.70. The van der Waals surface area contributed by atoms with Crippen LogP contribution in [0.4, 0.5) is 4.39 Å². The fourth-order valence-electron chi connectivity index (χ4n) is 2.76. The molecule has 0 radical (unpaired) electrons. The number of ether oxygens (including phenoxy) is 1. The molecule has 0 saturated heterocycles. The lowest BCUT2D eigenvalue weighted by atomic mass is 10.0. The molecule has 3 atom stereocenters. The van der Waals surface area contributed by atoms with E-state index < -0.39 is 0 Å². The third kappa shape index (κ3) is 2.83. The molecular weight excluding hydrogens is 229 g/mol. The van der Waals surface area contributed by atoms with E-state index in [1.54, 1.807) is 12.1 Å². The van der Waals surface area contributed by atoms with Gasteiger partial charge < -0.3 is 10.1 Å². The Hall–Kier alpha value is -1.09. The second-order valence-electron chi connectivity index (χ2n) is 5.30. The van der Waals surface area contributed by atoms with Gasteiger partial charge in [0.1, 0.15) is 0 Å². The average Bonchev–Trinajstić information content (AvgIpc) is 2.75. The summed E-state index contributed by atoms with van der Waals surface area (Å²) in [7, 11) is 1.49. The Balaban J connectivity index is 2.04. The lowest BCUT2D eigenvalue weighted by Gasteiger charge is -2.23. The maximum Gasteiger partial charge on any atom is 0.165 e. The molecule has 1 N–H and O–H groups in total. The van der Waals surface area contributed by atoms with E-state index in [-0.39, 0.29) is 11.9 Å². The highest BCUT2D eigenvalue weighted by atomic mass is 19.1. The topological polar surface area (TPSA) is 21.3 Å². The van der Waals surface area contributed by atoms with E-state index in [9.17, 15) is 4.39 Å². The van der Waals surface area contributed by atoms with E-state index in [2.05, 4.69) is 19.2 Å². The zero-order valence-electron chi connectivity index (χ0n) is 11.4. The van der Waals surface area contributed by atoms with Crippen molar-refractivity contribution in [2.75, 3.05) is 7.11 Å². The number of hydrogen-bond acceptors (Lipinski definition) is 2. The van der Waals surface area contributed by atoms with Gasteiger partial charge in [-0.1, -0.05) is 19.4 Å². The van der Waals surface area contributed by atoms with Gasteiger partial charge in [0.05, 0.1) is 7.11 Å².